The van der Waals surface area contributed by atoms with Crippen LogP contribution >= 0.6 is 0 Å². The zero-order valence-corrected chi connectivity index (χ0v) is 21.8. The molecular weight excluding hydrogens is 517 g/mol. The molecule has 0 spiro atoms. The first kappa shape index (κ1) is 27.1. The number of hydrogen-bond donors (Lipinski definition) is 2. The molecule has 10 heteroatoms. The minimum absolute atomic E-state index is 0.0721. The number of rotatable bonds is 4. The maximum Gasteiger partial charge on any atom is 0.416 e. The molecule has 1 aliphatic heterocycles. The highest BCUT2D eigenvalue weighted by atomic mass is 19.4. The van der Waals surface area contributed by atoms with E-state index in [2.05, 4.69) is 32.0 Å². The van der Waals surface area contributed by atoms with Crippen LogP contribution in [0.1, 0.15) is 32.6 Å². The average Bonchev–Trinajstić information content (AvgIpc) is 2.94. The zero-order chi connectivity index (χ0) is 28.3. The van der Waals surface area contributed by atoms with Gasteiger partial charge in [-0.3, -0.25) is 14.7 Å². The minimum Gasteiger partial charge on any atom is -0.382 e. The molecule has 2 aromatic heterocycles. The number of amides is 1. The predicted molar refractivity (Wildman–Crippen MR) is 149 cm³/mol. The predicted octanol–water partition coefficient (Wildman–Crippen LogP) is 4.63. The van der Waals surface area contributed by atoms with Crippen molar-refractivity contribution in [3.63, 3.8) is 0 Å². The molecule has 2 aromatic carbocycles. The molecule has 1 saturated heterocycles. The van der Waals surface area contributed by atoms with Crippen LogP contribution in [-0.2, 0) is 12.7 Å². The number of hydrogen-bond acceptors (Lipinski definition) is 6. The Bertz CT molecular complexity index is 1620. The van der Waals surface area contributed by atoms with E-state index in [1.165, 1.54) is 12.1 Å². The van der Waals surface area contributed by atoms with Gasteiger partial charge in [0.25, 0.3) is 5.91 Å². The Balaban J connectivity index is 1.34. The molecule has 0 bridgehead atoms. The Hall–Kier alpha value is -4.46. The molecule has 1 amide bonds. The summed E-state index contributed by atoms with van der Waals surface area (Å²) in [6, 6.07) is 14.1. The van der Waals surface area contributed by atoms with Gasteiger partial charge in [-0.1, -0.05) is 24.0 Å². The first-order valence-corrected chi connectivity index (χ1v) is 12.7. The second-order valence-electron chi connectivity index (χ2n) is 9.69. The smallest absolute Gasteiger partial charge is 0.382 e. The lowest BCUT2D eigenvalue weighted by Gasteiger charge is -2.33. The van der Waals surface area contributed by atoms with Gasteiger partial charge in [0.05, 0.1) is 11.1 Å². The third-order valence-corrected chi connectivity index (χ3v) is 6.80. The van der Waals surface area contributed by atoms with Crippen molar-refractivity contribution in [1.82, 2.24) is 19.8 Å². The van der Waals surface area contributed by atoms with E-state index in [-0.39, 0.29) is 23.4 Å². The lowest BCUT2D eigenvalue weighted by Crippen LogP contribution is -2.44. The van der Waals surface area contributed by atoms with Gasteiger partial charge >= 0.3 is 6.18 Å². The van der Waals surface area contributed by atoms with Crippen LogP contribution in [0.4, 0.5) is 24.7 Å². The van der Waals surface area contributed by atoms with Gasteiger partial charge in [-0.25, -0.2) is 4.98 Å². The highest BCUT2D eigenvalue weighted by Gasteiger charge is 2.34. The van der Waals surface area contributed by atoms with Gasteiger partial charge in [-0.05, 0) is 55.1 Å². The maximum atomic E-state index is 13.9. The molecule has 0 aliphatic carbocycles. The van der Waals surface area contributed by atoms with Crippen molar-refractivity contribution in [2.75, 3.05) is 44.3 Å². The first-order chi connectivity index (χ1) is 19.2. The third-order valence-electron chi connectivity index (χ3n) is 6.80. The summed E-state index contributed by atoms with van der Waals surface area (Å²) >= 11 is 0. The third kappa shape index (κ3) is 6.22. The topological polar surface area (TPSA) is 87.4 Å². The molecule has 0 saturated carbocycles. The highest BCUT2D eigenvalue weighted by molar-refractivity contribution is 6.04. The lowest BCUT2D eigenvalue weighted by molar-refractivity contribution is -0.138. The Morgan fingerprint density at radius 2 is 1.82 bits per heavy atom. The summed E-state index contributed by atoms with van der Waals surface area (Å²) in [5.41, 5.74) is 7.42. The van der Waals surface area contributed by atoms with Gasteiger partial charge in [0.15, 0.2) is 0 Å². The second-order valence-corrected chi connectivity index (χ2v) is 9.69. The number of piperazine rings is 1. The van der Waals surface area contributed by atoms with Crippen LogP contribution < -0.4 is 11.1 Å². The van der Waals surface area contributed by atoms with Crippen LogP contribution in [0.5, 0.6) is 0 Å². The van der Waals surface area contributed by atoms with Crippen molar-refractivity contribution in [2.45, 2.75) is 12.7 Å². The van der Waals surface area contributed by atoms with Gasteiger partial charge in [-0.2, -0.15) is 13.2 Å². The number of nitrogens with one attached hydrogen (secondary N) is 1. The number of likely N-dealkylation sites (N-methyl/N-ethyl adjacent to an activating group) is 1. The number of nitrogen functional groups attached to an aromatic ring is 1. The summed E-state index contributed by atoms with van der Waals surface area (Å²) < 4.78 is 41.8. The van der Waals surface area contributed by atoms with Crippen LogP contribution in [-0.4, -0.2) is 58.9 Å². The number of carbonyl (C=O) groups excluding carboxylic acids is 1. The van der Waals surface area contributed by atoms with E-state index in [9.17, 15) is 18.0 Å². The Morgan fingerprint density at radius 3 is 2.60 bits per heavy atom. The normalized spacial score (nSPS) is 14.5. The van der Waals surface area contributed by atoms with Gasteiger partial charge in [0.1, 0.15) is 11.3 Å². The van der Waals surface area contributed by atoms with E-state index in [1.54, 1.807) is 42.7 Å². The molecule has 3 heterocycles. The number of fused-ring (bicyclic) bond motifs is 1. The number of nitrogens with two attached hydrogens (primary N) is 1. The molecule has 1 aliphatic rings. The van der Waals surface area contributed by atoms with E-state index >= 15 is 0 Å². The van der Waals surface area contributed by atoms with Crippen molar-refractivity contribution in [3.8, 4) is 11.8 Å². The molecule has 0 radical (unpaired) electrons. The number of carbonyl (C=O) groups is 1. The van der Waals surface area contributed by atoms with Gasteiger partial charge in [-0.15, -0.1) is 0 Å². The molecule has 7 nitrogen and oxygen atoms in total. The van der Waals surface area contributed by atoms with Crippen LogP contribution in [0.25, 0.3) is 10.9 Å². The lowest BCUT2D eigenvalue weighted by atomic mass is 10.0. The van der Waals surface area contributed by atoms with E-state index < -0.39 is 17.6 Å². The zero-order valence-electron chi connectivity index (χ0n) is 21.8. The standard InChI is InChI=1S/C30H27F3N6O/c1-38-12-14-39(15-13-38)19-23-9-10-24(17-26(23)30(31,32)33)37-29(40)21-5-2-4-20(16-21)7-8-22-18-36-28(34)27-25(22)6-3-11-35-27/h2-6,9-11,16-18H,12-15,19H2,1H3,(H2,34,36)(H,37,40). The van der Waals surface area contributed by atoms with Crippen molar-refractivity contribution in [2.24, 2.45) is 0 Å². The summed E-state index contributed by atoms with van der Waals surface area (Å²) in [6.07, 6.45) is -1.36. The van der Waals surface area contributed by atoms with Gasteiger partial charge in [0, 0.05) is 67.3 Å². The van der Waals surface area contributed by atoms with E-state index in [1.807, 2.05) is 18.0 Å². The molecule has 5 rings (SSSR count). The summed E-state index contributed by atoms with van der Waals surface area (Å²) in [5.74, 6) is 5.83. The second kappa shape index (κ2) is 11.3. The maximum absolute atomic E-state index is 13.9. The molecule has 4 aromatic rings. The van der Waals surface area contributed by atoms with Gasteiger partial charge < -0.3 is 16.0 Å². The van der Waals surface area contributed by atoms with Crippen LogP contribution in [0.2, 0.25) is 0 Å². The van der Waals surface area contributed by atoms with Crippen LogP contribution in [0.15, 0.2) is 67.0 Å². The van der Waals surface area contributed by atoms with Crippen molar-refractivity contribution in [3.05, 3.63) is 94.8 Å². The quantitative estimate of drug-likeness (QED) is 0.365. The number of aromatic nitrogens is 2. The Labute approximate surface area is 229 Å². The Morgan fingerprint density at radius 1 is 1.02 bits per heavy atom. The minimum atomic E-state index is -4.55. The van der Waals surface area contributed by atoms with Crippen LogP contribution in [0.3, 0.4) is 0 Å². The molecule has 0 atom stereocenters. The summed E-state index contributed by atoms with van der Waals surface area (Å²) in [5, 5.41) is 3.36. The van der Waals surface area contributed by atoms with Crippen molar-refractivity contribution in [1.29, 1.82) is 0 Å². The SMILES string of the molecule is CN1CCN(Cc2ccc(NC(=O)c3cccc(C#Cc4cnc(N)c5ncccc45)c3)cc2C(F)(F)F)CC1. The van der Waals surface area contributed by atoms with E-state index in [0.717, 1.165) is 24.5 Å². The number of benzene rings is 2. The number of anilines is 2. The monoisotopic (exact) mass is 544 g/mol. The van der Waals surface area contributed by atoms with Crippen LogP contribution in [0, 0.1) is 11.8 Å². The fourth-order valence-corrected chi connectivity index (χ4v) is 4.57. The fourth-order valence-electron chi connectivity index (χ4n) is 4.57. The molecule has 3 N–H and O–H groups in total. The fraction of sp³-hybridized carbons (Fsp3) is 0.233. The number of alkyl halides is 3. The first-order valence-electron chi connectivity index (χ1n) is 12.7. The molecule has 40 heavy (non-hydrogen) atoms. The van der Waals surface area contributed by atoms with Crippen molar-refractivity contribution >= 4 is 28.3 Å². The van der Waals surface area contributed by atoms with Gasteiger partial charge in [0.2, 0.25) is 0 Å². The summed E-state index contributed by atoms with van der Waals surface area (Å²) in [4.78, 5) is 25.5. The number of nitrogens with zero attached hydrogens (tertiary/aromatic N) is 4. The highest BCUT2D eigenvalue weighted by Crippen LogP contribution is 2.34. The molecule has 204 valence electrons. The Kier molecular flexibility index (Phi) is 7.69. The number of halogens is 3. The molecule has 1 fully saturated rings. The average molecular weight is 545 g/mol. The summed E-state index contributed by atoms with van der Waals surface area (Å²) in [6.45, 7) is 3.22. The number of pyridine rings is 2. The summed E-state index contributed by atoms with van der Waals surface area (Å²) in [7, 11) is 2.00. The largest absolute Gasteiger partial charge is 0.416 e. The molecular formula is C30H27F3N6O. The van der Waals surface area contributed by atoms with Crippen molar-refractivity contribution < 1.29 is 18.0 Å². The van der Waals surface area contributed by atoms with E-state index in [0.29, 0.717) is 35.6 Å². The molecule has 0 unspecified atom stereocenters. The van der Waals surface area contributed by atoms with E-state index in [4.69, 9.17) is 5.73 Å².